The van der Waals surface area contributed by atoms with Gasteiger partial charge >= 0.3 is 0 Å². The van der Waals surface area contributed by atoms with Gasteiger partial charge in [0, 0.05) is 20.3 Å². The Morgan fingerprint density at radius 1 is 1.29 bits per heavy atom. The van der Waals surface area contributed by atoms with Crippen molar-refractivity contribution in [2.75, 3.05) is 26.9 Å². The van der Waals surface area contributed by atoms with Crippen molar-refractivity contribution in [1.82, 2.24) is 0 Å². The summed E-state index contributed by atoms with van der Waals surface area (Å²) in [6.45, 7) is 2.05. The highest BCUT2D eigenvalue weighted by Gasteiger charge is 2.36. The molecule has 1 saturated heterocycles. The van der Waals surface area contributed by atoms with Crippen LogP contribution in [0, 0.1) is 0 Å². The van der Waals surface area contributed by atoms with Crippen LogP contribution in [0.4, 0.5) is 0 Å². The van der Waals surface area contributed by atoms with Gasteiger partial charge in [0.05, 0.1) is 18.8 Å². The largest absolute Gasteiger partial charge is 0.381 e. The molecule has 1 aliphatic heterocycles. The molecule has 0 aromatic heterocycles. The lowest BCUT2D eigenvalue weighted by Crippen LogP contribution is -2.50. The Balaban J connectivity index is 1.88. The Kier molecular flexibility index (Phi) is 4.79. The average molecular weight is 243 g/mol. The van der Waals surface area contributed by atoms with Gasteiger partial charge in [-0.1, -0.05) is 0 Å². The van der Waals surface area contributed by atoms with Crippen molar-refractivity contribution in [3.05, 3.63) is 0 Å². The summed E-state index contributed by atoms with van der Waals surface area (Å²) >= 11 is 0. The summed E-state index contributed by atoms with van der Waals surface area (Å²) in [4.78, 5) is 0. The highest BCUT2D eigenvalue weighted by Crippen LogP contribution is 2.30. The molecule has 1 saturated carbocycles. The zero-order chi connectivity index (χ0) is 12.1. The third-order valence-corrected chi connectivity index (χ3v) is 3.99. The fourth-order valence-electron chi connectivity index (χ4n) is 2.91. The molecule has 0 radical (unpaired) electrons. The maximum atomic E-state index is 6.27. The lowest BCUT2D eigenvalue weighted by atomic mass is 9.92. The molecule has 2 rings (SSSR count). The molecule has 100 valence electrons. The minimum atomic E-state index is -0.238. The minimum absolute atomic E-state index is 0.238. The summed E-state index contributed by atoms with van der Waals surface area (Å²) in [5.74, 6) is 0. The van der Waals surface area contributed by atoms with Crippen molar-refractivity contribution in [3.8, 4) is 0 Å². The number of hydrogen-bond donors (Lipinski definition) is 1. The number of nitrogens with two attached hydrogens (primary N) is 1. The second-order valence-corrected chi connectivity index (χ2v) is 5.31. The molecule has 3 unspecified atom stereocenters. The fourth-order valence-corrected chi connectivity index (χ4v) is 2.91. The molecule has 0 bridgehead atoms. The summed E-state index contributed by atoms with van der Waals surface area (Å²) in [5, 5.41) is 0. The third-order valence-electron chi connectivity index (χ3n) is 3.99. The van der Waals surface area contributed by atoms with E-state index in [0.717, 1.165) is 38.7 Å². The van der Waals surface area contributed by atoms with Crippen LogP contribution < -0.4 is 5.73 Å². The first-order chi connectivity index (χ1) is 8.28. The van der Waals surface area contributed by atoms with Gasteiger partial charge in [0.15, 0.2) is 0 Å². The SMILES string of the molecule is COC1CCCC(OC2(CN)CCCOC2)C1. The van der Waals surface area contributed by atoms with Crippen LogP contribution in [-0.4, -0.2) is 44.7 Å². The molecule has 0 aromatic rings. The van der Waals surface area contributed by atoms with Crippen molar-refractivity contribution in [3.63, 3.8) is 0 Å². The molecule has 1 heterocycles. The van der Waals surface area contributed by atoms with E-state index in [9.17, 15) is 0 Å². The van der Waals surface area contributed by atoms with E-state index >= 15 is 0 Å². The van der Waals surface area contributed by atoms with Crippen LogP contribution in [0.5, 0.6) is 0 Å². The normalized spacial score (nSPS) is 39.2. The van der Waals surface area contributed by atoms with Crippen molar-refractivity contribution >= 4 is 0 Å². The predicted octanol–water partition coefficient (Wildman–Crippen LogP) is 1.47. The number of rotatable bonds is 4. The highest BCUT2D eigenvalue weighted by atomic mass is 16.6. The molecule has 1 aliphatic carbocycles. The van der Waals surface area contributed by atoms with Gasteiger partial charge in [0.25, 0.3) is 0 Å². The molecule has 2 fully saturated rings. The molecular formula is C13H25NO3. The van der Waals surface area contributed by atoms with Gasteiger partial charge < -0.3 is 19.9 Å². The van der Waals surface area contributed by atoms with Crippen molar-refractivity contribution < 1.29 is 14.2 Å². The molecule has 4 nitrogen and oxygen atoms in total. The standard InChI is InChI=1S/C13H25NO3/c1-15-11-4-2-5-12(8-11)17-13(9-14)6-3-7-16-10-13/h11-12H,2-10,14H2,1H3. The molecule has 2 aliphatic rings. The van der Waals surface area contributed by atoms with E-state index in [1.54, 1.807) is 7.11 Å². The minimum Gasteiger partial charge on any atom is -0.381 e. The van der Waals surface area contributed by atoms with Crippen molar-refractivity contribution in [2.45, 2.75) is 56.3 Å². The van der Waals surface area contributed by atoms with E-state index in [2.05, 4.69) is 0 Å². The van der Waals surface area contributed by atoms with Gasteiger partial charge in [-0.25, -0.2) is 0 Å². The molecule has 0 amide bonds. The number of hydrogen-bond acceptors (Lipinski definition) is 4. The molecule has 17 heavy (non-hydrogen) atoms. The Morgan fingerprint density at radius 3 is 2.76 bits per heavy atom. The summed E-state index contributed by atoms with van der Waals surface area (Å²) in [6.07, 6.45) is 7.19. The van der Waals surface area contributed by atoms with E-state index < -0.39 is 0 Å². The van der Waals surface area contributed by atoms with E-state index in [0.29, 0.717) is 25.4 Å². The maximum Gasteiger partial charge on any atom is 0.104 e. The van der Waals surface area contributed by atoms with Crippen LogP contribution in [0.3, 0.4) is 0 Å². The van der Waals surface area contributed by atoms with Crippen LogP contribution in [0.1, 0.15) is 38.5 Å². The van der Waals surface area contributed by atoms with Crippen molar-refractivity contribution in [1.29, 1.82) is 0 Å². The zero-order valence-electron chi connectivity index (χ0n) is 10.8. The van der Waals surface area contributed by atoms with Crippen LogP contribution in [0.25, 0.3) is 0 Å². The molecule has 0 aromatic carbocycles. The van der Waals surface area contributed by atoms with E-state index in [4.69, 9.17) is 19.9 Å². The zero-order valence-corrected chi connectivity index (χ0v) is 10.8. The predicted molar refractivity (Wildman–Crippen MR) is 66.0 cm³/mol. The second kappa shape index (κ2) is 6.14. The van der Waals surface area contributed by atoms with Crippen LogP contribution in [-0.2, 0) is 14.2 Å². The maximum absolute atomic E-state index is 6.27. The average Bonchev–Trinajstić information content (AvgIpc) is 2.40. The number of ether oxygens (including phenoxy) is 3. The Hall–Kier alpha value is -0.160. The first-order valence-electron chi connectivity index (χ1n) is 6.76. The lowest BCUT2D eigenvalue weighted by Gasteiger charge is -2.41. The van der Waals surface area contributed by atoms with E-state index in [-0.39, 0.29) is 5.60 Å². The molecule has 2 N–H and O–H groups in total. The molecule has 3 atom stereocenters. The summed E-state index contributed by atoms with van der Waals surface area (Å²) < 4.78 is 17.2. The quantitative estimate of drug-likeness (QED) is 0.812. The Labute approximate surface area is 104 Å². The second-order valence-electron chi connectivity index (χ2n) is 5.31. The van der Waals surface area contributed by atoms with Gasteiger partial charge in [-0.3, -0.25) is 0 Å². The Bertz CT molecular complexity index is 229. The van der Waals surface area contributed by atoms with Gasteiger partial charge in [-0.05, 0) is 38.5 Å². The van der Waals surface area contributed by atoms with Crippen molar-refractivity contribution in [2.24, 2.45) is 5.73 Å². The lowest BCUT2D eigenvalue weighted by molar-refractivity contribution is -0.168. The third kappa shape index (κ3) is 3.41. The summed E-state index contributed by atoms with van der Waals surface area (Å²) in [5.41, 5.74) is 5.65. The molecule has 0 spiro atoms. The smallest absolute Gasteiger partial charge is 0.104 e. The number of methoxy groups -OCH3 is 1. The first kappa shape index (κ1) is 13.3. The highest BCUT2D eigenvalue weighted by molar-refractivity contribution is 4.87. The van der Waals surface area contributed by atoms with Crippen LogP contribution in [0.15, 0.2) is 0 Å². The Morgan fingerprint density at radius 2 is 2.12 bits per heavy atom. The first-order valence-corrected chi connectivity index (χ1v) is 6.76. The summed E-state index contributed by atoms with van der Waals surface area (Å²) in [7, 11) is 1.79. The van der Waals surface area contributed by atoms with Gasteiger partial charge in [-0.15, -0.1) is 0 Å². The molecule has 4 heteroatoms. The van der Waals surface area contributed by atoms with Crippen LogP contribution >= 0.6 is 0 Å². The van der Waals surface area contributed by atoms with Gasteiger partial charge in [0.1, 0.15) is 5.60 Å². The summed E-state index contributed by atoms with van der Waals surface area (Å²) in [6, 6.07) is 0. The van der Waals surface area contributed by atoms with Gasteiger partial charge in [0.2, 0.25) is 0 Å². The van der Waals surface area contributed by atoms with Gasteiger partial charge in [-0.2, -0.15) is 0 Å². The monoisotopic (exact) mass is 243 g/mol. The topological polar surface area (TPSA) is 53.7 Å². The molecular weight excluding hydrogens is 218 g/mol. The van der Waals surface area contributed by atoms with E-state index in [1.165, 1.54) is 6.42 Å². The fraction of sp³-hybridized carbons (Fsp3) is 1.00. The van der Waals surface area contributed by atoms with Crippen LogP contribution in [0.2, 0.25) is 0 Å². The van der Waals surface area contributed by atoms with E-state index in [1.807, 2.05) is 0 Å².